The summed E-state index contributed by atoms with van der Waals surface area (Å²) >= 11 is 2.76. The summed E-state index contributed by atoms with van der Waals surface area (Å²) in [6.45, 7) is 0. The van der Waals surface area contributed by atoms with Gasteiger partial charge in [-0.05, 0) is 40.4 Å². The van der Waals surface area contributed by atoms with Crippen LogP contribution in [-0.2, 0) is 22.9 Å². The number of sulfonamides is 1. The highest BCUT2D eigenvalue weighted by Crippen LogP contribution is 2.42. The van der Waals surface area contributed by atoms with Gasteiger partial charge < -0.3 is 10.1 Å². The van der Waals surface area contributed by atoms with Gasteiger partial charge in [-0.2, -0.15) is 13.2 Å². The molecule has 0 aliphatic heterocycles. The van der Waals surface area contributed by atoms with Gasteiger partial charge in [0.15, 0.2) is 5.60 Å². The molecular formula is C15H12BrF5N2O3S. The Morgan fingerprint density at radius 1 is 1.22 bits per heavy atom. The zero-order chi connectivity index (χ0) is 20.2. The average molecular weight is 475 g/mol. The Kier molecular flexibility index (Phi) is 4.80. The van der Waals surface area contributed by atoms with Crippen molar-refractivity contribution in [3.63, 3.8) is 0 Å². The van der Waals surface area contributed by atoms with Crippen molar-refractivity contribution in [1.29, 1.82) is 0 Å². The Bertz CT molecular complexity index is 1010. The summed E-state index contributed by atoms with van der Waals surface area (Å²) in [6, 6.07) is 1.38. The highest BCUT2D eigenvalue weighted by atomic mass is 79.9. The highest BCUT2D eigenvalue weighted by molar-refractivity contribution is 9.10. The predicted octanol–water partition coefficient (Wildman–Crippen LogP) is 3.64. The number of aliphatic hydroxyl groups is 1. The normalized spacial score (nSPS) is 20.4. The molecule has 0 radical (unpaired) electrons. The fraction of sp³-hybridized carbons (Fsp3) is 0.333. The number of aromatic nitrogens is 1. The van der Waals surface area contributed by atoms with E-state index in [-0.39, 0.29) is 27.0 Å². The molecule has 0 bridgehead atoms. The van der Waals surface area contributed by atoms with E-state index in [2.05, 4.69) is 20.9 Å². The second-order valence-electron chi connectivity index (χ2n) is 6.17. The Labute approximate surface area is 158 Å². The minimum Gasteiger partial charge on any atom is -0.380 e. The molecule has 1 aromatic carbocycles. The standard InChI is InChI=1S/C15H12BrF5N2O3S/c16-8-3-10(18)11(4-9(8)17)23-27(25,26)13-6-22-12-5-14(24,15(19,20)21)2-1-7(12)13/h3-4,6,22-24H,1-2,5H2/t14-/m1/s1. The third kappa shape index (κ3) is 3.57. The Morgan fingerprint density at radius 2 is 1.89 bits per heavy atom. The first-order chi connectivity index (χ1) is 12.3. The first-order valence-electron chi connectivity index (χ1n) is 7.50. The van der Waals surface area contributed by atoms with E-state index < -0.39 is 52.0 Å². The zero-order valence-electron chi connectivity index (χ0n) is 13.3. The highest BCUT2D eigenvalue weighted by Gasteiger charge is 2.55. The van der Waals surface area contributed by atoms with Crippen LogP contribution in [0.5, 0.6) is 0 Å². The minimum atomic E-state index is -4.87. The molecule has 0 fully saturated rings. The maximum absolute atomic E-state index is 13.9. The van der Waals surface area contributed by atoms with Crippen LogP contribution in [0.25, 0.3) is 0 Å². The van der Waals surface area contributed by atoms with E-state index >= 15 is 0 Å². The molecule has 1 aliphatic carbocycles. The number of aromatic amines is 1. The van der Waals surface area contributed by atoms with Crippen molar-refractivity contribution in [1.82, 2.24) is 4.98 Å². The predicted molar refractivity (Wildman–Crippen MR) is 88.7 cm³/mol. The van der Waals surface area contributed by atoms with Gasteiger partial charge in [-0.1, -0.05) is 0 Å². The van der Waals surface area contributed by atoms with Crippen LogP contribution < -0.4 is 4.72 Å². The summed E-state index contributed by atoms with van der Waals surface area (Å²) in [5, 5.41) is 9.79. The van der Waals surface area contributed by atoms with Crippen LogP contribution in [0.3, 0.4) is 0 Å². The maximum atomic E-state index is 13.9. The number of nitrogens with one attached hydrogen (secondary N) is 2. The Hall–Kier alpha value is -1.66. The van der Waals surface area contributed by atoms with Crippen molar-refractivity contribution in [3.05, 3.63) is 45.7 Å². The largest absolute Gasteiger partial charge is 0.417 e. The van der Waals surface area contributed by atoms with E-state index in [9.17, 15) is 35.5 Å². The molecular weight excluding hydrogens is 463 g/mol. The van der Waals surface area contributed by atoms with Gasteiger partial charge in [0.2, 0.25) is 0 Å². The van der Waals surface area contributed by atoms with E-state index in [1.54, 1.807) is 0 Å². The van der Waals surface area contributed by atoms with Crippen LogP contribution in [-0.4, -0.2) is 30.3 Å². The molecule has 1 atom stereocenters. The average Bonchev–Trinajstić information content (AvgIpc) is 2.95. The van der Waals surface area contributed by atoms with Crippen molar-refractivity contribution < 1.29 is 35.5 Å². The van der Waals surface area contributed by atoms with Gasteiger partial charge in [-0.15, -0.1) is 0 Å². The number of benzene rings is 1. The van der Waals surface area contributed by atoms with Crippen LogP contribution in [0.1, 0.15) is 17.7 Å². The maximum Gasteiger partial charge on any atom is 0.417 e. The van der Waals surface area contributed by atoms with E-state index in [1.807, 2.05) is 4.72 Å². The van der Waals surface area contributed by atoms with Crippen LogP contribution >= 0.6 is 15.9 Å². The molecule has 0 unspecified atom stereocenters. The first kappa shape index (κ1) is 20.1. The van der Waals surface area contributed by atoms with E-state index in [1.165, 1.54) is 0 Å². The number of rotatable bonds is 3. The summed E-state index contributed by atoms with van der Waals surface area (Å²) in [4.78, 5) is 2.04. The number of alkyl halides is 3. The lowest BCUT2D eigenvalue weighted by Crippen LogP contribution is -2.49. The molecule has 5 nitrogen and oxygen atoms in total. The lowest BCUT2D eigenvalue weighted by atomic mass is 9.83. The number of fused-ring (bicyclic) bond motifs is 1. The van der Waals surface area contributed by atoms with Gasteiger partial charge in [0.05, 0.1) is 10.2 Å². The second-order valence-corrected chi connectivity index (χ2v) is 8.67. The molecule has 2 aromatic rings. The van der Waals surface area contributed by atoms with Crippen molar-refractivity contribution in [2.24, 2.45) is 0 Å². The molecule has 0 spiro atoms. The molecule has 12 heteroatoms. The molecule has 0 saturated carbocycles. The lowest BCUT2D eigenvalue weighted by molar-refractivity contribution is -0.263. The fourth-order valence-corrected chi connectivity index (χ4v) is 4.54. The smallest absolute Gasteiger partial charge is 0.380 e. The lowest BCUT2D eigenvalue weighted by Gasteiger charge is -2.33. The Balaban J connectivity index is 1.94. The first-order valence-corrected chi connectivity index (χ1v) is 9.77. The summed E-state index contributed by atoms with van der Waals surface area (Å²) in [6.07, 6.45) is -5.82. The molecule has 27 heavy (non-hydrogen) atoms. The van der Waals surface area contributed by atoms with Gasteiger partial charge in [-0.3, -0.25) is 4.72 Å². The number of hydrogen-bond acceptors (Lipinski definition) is 3. The topological polar surface area (TPSA) is 82.2 Å². The molecule has 0 amide bonds. The van der Waals surface area contributed by atoms with Gasteiger partial charge in [0.25, 0.3) is 10.0 Å². The SMILES string of the molecule is O=S(=O)(Nc1cc(F)c(Br)cc1F)c1c[nH]c2c1CC[C@](O)(C(F)(F)F)C2. The number of halogens is 6. The van der Waals surface area contributed by atoms with E-state index in [0.717, 1.165) is 12.3 Å². The molecule has 3 rings (SSSR count). The molecule has 1 aromatic heterocycles. The quantitative estimate of drug-likeness (QED) is 0.469. The third-order valence-corrected chi connectivity index (χ3v) is 6.41. The molecule has 148 valence electrons. The van der Waals surface area contributed by atoms with Crippen molar-refractivity contribution in [2.45, 2.75) is 35.9 Å². The summed E-state index contributed by atoms with van der Waals surface area (Å²) in [7, 11) is -4.40. The molecule has 0 saturated heterocycles. The van der Waals surface area contributed by atoms with Crippen molar-refractivity contribution >= 4 is 31.6 Å². The van der Waals surface area contributed by atoms with E-state index in [0.29, 0.717) is 6.07 Å². The van der Waals surface area contributed by atoms with Crippen molar-refractivity contribution in [3.8, 4) is 0 Å². The Morgan fingerprint density at radius 3 is 2.52 bits per heavy atom. The molecule has 1 heterocycles. The summed E-state index contributed by atoms with van der Waals surface area (Å²) in [5.74, 6) is -1.94. The van der Waals surface area contributed by atoms with Gasteiger partial charge in [-0.25, -0.2) is 17.2 Å². The van der Waals surface area contributed by atoms with E-state index in [4.69, 9.17) is 0 Å². The summed E-state index contributed by atoms with van der Waals surface area (Å²) in [5.41, 5.74) is -3.62. The monoisotopic (exact) mass is 474 g/mol. The van der Waals surface area contributed by atoms with Gasteiger partial charge in [0, 0.05) is 24.4 Å². The zero-order valence-corrected chi connectivity index (χ0v) is 15.7. The van der Waals surface area contributed by atoms with Gasteiger partial charge in [0.1, 0.15) is 16.5 Å². The third-order valence-electron chi connectivity index (χ3n) is 4.37. The summed E-state index contributed by atoms with van der Waals surface area (Å²) < 4.78 is 93.1. The number of hydrogen-bond donors (Lipinski definition) is 3. The number of anilines is 1. The molecule has 3 N–H and O–H groups in total. The minimum absolute atomic E-state index is 0.0643. The fourth-order valence-electron chi connectivity index (χ4n) is 2.90. The molecule has 1 aliphatic rings. The van der Waals surface area contributed by atoms with Crippen LogP contribution in [0.2, 0.25) is 0 Å². The van der Waals surface area contributed by atoms with Crippen molar-refractivity contribution in [2.75, 3.05) is 4.72 Å². The van der Waals surface area contributed by atoms with Crippen LogP contribution in [0.15, 0.2) is 27.7 Å². The van der Waals surface area contributed by atoms with Crippen LogP contribution in [0, 0.1) is 11.6 Å². The second kappa shape index (κ2) is 6.45. The number of H-pyrrole nitrogens is 1. The van der Waals surface area contributed by atoms with Crippen LogP contribution in [0.4, 0.5) is 27.6 Å². The van der Waals surface area contributed by atoms with Gasteiger partial charge >= 0.3 is 6.18 Å².